The number of Topliss-reactive ketones (excluding diaryl/α,β-unsaturated/α-hetero) is 1. The van der Waals surface area contributed by atoms with E-state index in [1.165, 1.54) is 0 Å². The lowest BCUT2D eigenvalue weighted by atomic mass is 9.89. The quantitative estimate of drug-likeness (QED) is 0.709. The molecule has 4 heteroatoms. The van der Waals surface area contributed by atoms with Crippen LogP contribution in [-0.4, -0.2) is 28.6 Å². The van der Waals surface area contributed by atoms with Crippen LogP contribution in [0.3, 0.4) is 0 Å². The van der Waals surface area contributed by atoms with Crippen LogP contribution in [0.25, 0.3) is 10.9 Å². The molecule has 0 amide bonds. The minimum absolute atomic E-state index is 0.127. The van der Waals surface area contributed by atoms with Crippen molar-refractivity contribution in [1.29, 1.82) is 0 Å². The van der Waals surface area contributed by atoms with Gasteiger partial charge in [0.1, 0.15) is 6.10 Å². The molecule has 1 aliphatic carbocycles. The molecule has 2 aliphatic rings. The second-order valence-corrected chi connectivity index (χ2v) is 5.09. The Morgan fingerprint density at radius 1 is 1.28 bits per heavy atom. The van der Waals surface area contributed by atoms with Crippen molar-refractivity contribution in [3.8, 4) is 0 Å². The van der Waals surface area contributed by atoms with Gasteiger partial charge in [-0.3, -0.25) is 9.63 Å². The van der Waals surface area contributed by atoms with E-state index in [0.717, 1.165) is 28.6 Å². The second-order valence-electron chi connectivity index (χ2n) is 5.09. The Labute approximate surface area is 105 Å². The third kappa shape index (κ3) is 1.05. The number of hydrogen-bond donors (Lipinski definition) is 0. The van der Waals surface area contributed by atoms with Crippen LogP contribution < -0.4 is 0 Å². The lowest BCUT2D eigenvalue weighted by molar-refractivity contribution is -0.130. The number of aryl methyl sites for hydroxylation is 1. The largest absolute Gasteiger partial charge is 0.345 e. The average molecular weight is 242 g/mol. The van der Waals surface area contributed by atoms with Crippen molar-refractivity contribution < 1.29 is 9.63 Å². The fourth-order valence-electron chi connectivity index (χ4n) is 3.33. The summed E-state index contributed by atoms with van der Waals surface area (Å²) in [4.78, 5) is 18.1. The number of aromatic nitrogens is 1. The lowest BCUT2D eigenvalue weighted by Gasteiger charge is -2.20. The number of rotatable bonds is 0. The van der Waals surface area contributed by atoms with Crippen molar-refractivity contribution >= 4 is 16.7 Å². The van der Waals surface area contributed by atoms with E-state index in [4.69, 9.17) is 4.84 Å². The maximum absolute atomic E-state index is 12.5. The molecule has 1 saturated heterocycles. The third-order valence-corrected chi connectivity index (χ3v) is 4.18. The number of fused-ring (bicyclic) bond motifs is 6. The van der Waals surface area contributed by atoms with Crippen LogP contribution >= 0.6 is 0 Å². The first-order valence-electron chi connectivity index (χ1n) is 6.19. The zero-order valence-corrected chi connectivity index (χ0v) is 10.4. The van der Waals surface area contributed by atoms with Gasteiger partial charge in [-0.15, -0.1) is 0 Å². The molecule has 0 N–H and O–H groups in total. The molecule has 0 radical (unpaired) electrons. The van der Waals surface area contributed by atoms with E-state index in [0.29, 0.717) is 0 Å². The van der Waals surface area contributed by atoms with Gasteiger partial charge in [0.25, 0.3) is 0 Å². The van der Waals surface area contributed by atoms with Gasteiger partial charge in [0.05, 0.1) is 11.6 Å². The number of carbonyl (C=O) groups is 1. The van der Waals surface area contributed by atoms with Crippen molar-refractivity contribution in [3.63, 3.8) is 0 Å². The van der Waals surface area contributed by atoms with Gasteiger partial charge in [-0.2, -0.15) is 5.06 Å². The Kier molecular flexibility index (Phi) is 1.84. The highest BCUT2D eigenvalue weighted by atomic mass is 16.7. The van der Waals surface area contributed by atoms with Crippen LogP contribution in [0.5, 0.6) is 0 Å². The molecule has 1 aromatic heterocycles. The molecule has 4 nitrogen and oxygen atoms in total. The van der Waals surface area contributed by atoms with E-state index in [1.807, 2.05) is 37.4 Å². The first-order chi connectivity index (χ1) is 8.68. The molecule has 0 saturated carbocycles. The molecule has 2 atom stereocenters. The average Bonchev–Trinajstić information content (AvgIpc) is 2.86. The number of carbonyl (C=O) groups excluding carboxylic acids is 1. The Balaban J connectivity index is 2.13. The number of benzene rings is 1. The summed E-state index contributed by atoms with van der Waals surface area (Å²) >= 11 is 0. The van der Waals surface area contributed by atoms with Crippen LogP contribution in [-0.2, 0) is 11.9 Å². The van der Waals surface area contributed by atoms with Gasteiger partial charge < -0.3 is 4.57 Å². The minimum atomic E-state index is -0.293. The zero-order valence-electron chi connectivity index (χ0n) is 10.4. The van der Waals surface area contributed by atoms with Crippen LogP contribution in [0.1, 0.15) is 28.5 Å². The van der Waals surface area contributed by atoms with Crippen LogP contribution in [0.15, 0.2) is 24.3 Å². The van der Waals surface area contributed by atoms with Crippen LogP contribution in [0.4, 0.5) is 0 Å². The molecule has 1 aromatic carbocycles. The molecule has 0 spiro atoms. The molecule has 1 aliphatic heterocycles. The van der Waals surface area contributed by atoms with E-state index >= 15 is 0 Å². The van der Waals surface area contributed by atoms with Crippen molar-refractivity contribution in [3.05, 3.63) is 35.5 Å². The zero-order chi connectivity index (χ0) is 12.4. The molecular weight excluding hydrogens is 228 g/mol. The molecule has 2 heterocycles. The van der Waals surface area contributed by atoms with Crippen molar-refractivity contribution in [2.75, 3.05) is 7.05 Å². The minimum Gasteiger partial charge on any atom is -0.345 e. The first-order valence-corrected chi connectivity index (χ1v) is 6.19. The Morgan fingerprint density at radius 2 is 2.06 bits per heavy atom. The van der Waals surface area contributed by atoms with Gasteiger partial charge in [-0.05, 0) is 6.07 Å². The summed E-state index contributed by atoms with van der Waals surface area (Å²) in [6, 6.07) is 8.28. The molecule has 0 unspecified atom stereocenters. The number of hydroxylamine groups is 2. The fraction of sp³-hybridized carbons (Fsp3) is 0.357. The predicted octanol–water partition coefficient (Wildman–Crippen LogP) is 2.05. The molecule has 1 fully saturated rings. The van der Waals surface area contributed by atoms with Gasteiger partial charge >= 0.3 is 0 Å². The van der Waals surface area contributed by atoms with E-state index in [1.54, 1.807) is 0 Å². The van der Waals surface area contributed by atoms with Crippen LogP contribution in [0, 0.1) is 0 Å². The topological polar surface area (TPSA) is 34.5 Å². The predicted molar refractivity (Wildman–Crippen MR) is 67.2 cm³/mol. The van der Waals surface area contributed by atoms with Crippen molar-refractivity contribution in [2.24, 2.45) is 7.05 Å². The lowest BCUT2D eigenvalue weighted by Crippen LogP contribution is -2.25. The molecule has 2 bridgehead atoms. The Hall–Kier alpha value is -1.65. The summed E-state index contributed by atoms with van der Waals surface area (Å²) < 4.78 is 2.13. The molecule has 2 aromatic rings. The monoisotopic (exact) mass is 242 g/mol. The maximum Gasteiger partial charge on any atom is 0.196 e. The van der Waals surface area contributed by atoms with Gasteiger partial charge in [0.15, 0.2) is 5.78 Å². The second kappa shape index (κ2) is 3.22. The maximum atomic E-state index is 12.5. The molecular formula is C14H14N2O2. The summed E-state index contributed by atoms with van der Waals surface area (Å²) in [5.74, 6) is 0.127. The number of hydrogen-bond acceptors (Lipinski definition) is 3. The Morgan fingerprint density at radius 3 is 2.89 bits per heavy atom. The van der Waals surface area contributed by atoms with Gasteiger partial charge in [0, 0.05) is 37.1 Å². The molecule has 18 heavy (non-hydrogen) atoms. The molecule has 92 valence electrons. The molecule has 4 rings (SSSR count). The van der Waals surface area contributed by atoms with E-state index in [2.05, 4.69) is 10.6 Å². The van der Waals surface area contributed by atoms with Gasteiger partial charge in [-0.1, -0.05) is 18.2 Å². The van der Waals surface area contributed by atoms with Crippen molar-refractivity contribution in [2.45, 2.75) is 18.6 Å². The summed E-state index contributed by atoms with van der Waals surface area (Å²) in [5.41, 5.74) is 3.08. The van der Waals surface area contributed by atoms with Crippen LogP contribution in [0.2, 0.25) is 0 Å². The highest BCUT2D eigenvalue weighted by Crippen LogP contribution is 2.44. The van der Waals surface area contributed by atoms with E-state index in [-0.39, 0.29) is 17.9 Å². The third-order valence-electron chi connectivity index (χ3n) is 4.18. The van der Waals surface area contributed by atoms with Gasteiger partial charge in [0.2, 0.25) is 0 Å². The summed E-state index contributed by atoms with van der Waals surface area (Å²) in [6.07, 6.45) is 0.477. The SMILES string of the molecule is CN1O[C@@H]2C[C@H]1c1c(c3ccccc3n1C)C2=O. The first kappa shape index (κ1) is 10.3. The number of para-hydroxylation sites is 1. The summed E-state index contributed by atoms with van der Waals surface area (Å²) in [7, 11) is 3.94. The van der Waals surface area contributed by atoms with Gasteiger partial charge in [-0.25, -0.2) is 0 Å². The number of nitrogens with zero attached hydrogens (tertiary/aromatic N) is 2. The fourth-order valence-corrected chi connectivity index (χ4v) is 3.33. The highest BCUT2D eigenvalue weighted by molar-refractivity contribution is 6.12. The smallest absolute Gasteiger partial charge is 0.196 e. The van der Waals surface area contributed by atoms with Crippen molar-refractivity contribution in [1.82, 2.24) is 9.63 Å². The van der Waals surface area contributed by atoms with E-state index in [9.17, 15) is 4.79 Å². The highest BCUT2D eigenvalue weighted by Gasteiger charge is 2.46. The Bertz CT molecular complexity index is 674. The summed E-state index contributed by atoms with van der Waals surface area (Å²) in [5, 5.41) is 2.88. The normalized spacial score (nSPS) is 26.9. The summed E-state index contributed by atoms with van der Waals surface area (Å²) in [6.45, 7) is 0. The van der Waals surface area contributed by atoms with E-state index < -0.39 is 0 Å². The standard InChI is InChI=1S/C14H14N2O2/c1-15-9-6-4-3-5-8(9)12-13(15)10-7-11(14(12)17)18-16(10)2/h3-6,10-11H,7H2,1-2H3/t10-,11+/m0/s1. The number of ketones is 1.